The largest absolute Gasteiger partial charge is 0.505 e. The normalized spacial score (nSPS) is 11.4. The molecule has 1 rings (SSSR count). The lowest BCUT2D eigenvalue weighted by atomic mass is 10.2. The summed E-state index contributed by atoms with van der Waals surface area (Å²) in [6.45, 7) is 5.50. The predicted molar refractivity (Wildman–Crippen MR) is 72.5 cm³/mol. The first kappa shape index (κ1) is 15.1. The summed E-state index contributed by atoms with van der Waals surface area (Å²) in [7, 11) is 0. The molecule has 6 heteroatoms. The Labute approximate surface area is 116 Å². The van der Waals surface area contributed by atoms with Crippen molar-refractivity contribution in [2.45, 2.75) is 26.4 Å². The number of rotatable bonds is 3. The fraction of sp³-hybridized carbons (Fsp3) is 0.417. The van der Waals surface area contributed by atoms with Crippen molar-refractivity contribution in [3.63, 3.8) is 0 Å². The summed E-state index contributed by atoms with van der Waals surface area (Å²) in [5.74, 6) is -0.523. The van der Waals surface area contributed by atoms with Gasteiger partial charge in [0, 0.05) is 5.69 Å². The van der Waals surface area contributed by atoms with E-state index in [9.17, 15) is 9.90 Å². The van der Waals surface area contributed by atoms with E-state index in [1.54, 1.807) is 0 Å². The van der Waals surface area contributed by atoms with Gasteiger partial charge in [0.2, 0.25) is 5.91 Å². The zero-order chi connectivity index (χ0) is 13.9. The topological polar surface area (TPSA) is 58.6 Å². The molecular formula is C12H15Cl2NO3. The van der Waals surface area contributed by atoms with Gasteiger partial charge in [-0.15, -0.1) is 0 Å². The highest BCUT2D eigenvalue weighted by molar-refractivity contribution is 6.37. The lowest BCUT2D eigenvalue weighted by Gasteiger charge is -2.19. The highest BCUT2D eigenvalue weighted by Crippen LogP contribution is 2.34. The van der Waals surface area contributed by atoms with Gasteiger partial charge in [-0.3, -0.25) is 4.79 Å². The third-order valence-corrected chi connectivity index (χ3v) is 2.51. The quantitative estimate of drug-likeness (QED) is 0.839. The van der Waals surface area contributed by atoms with E-state index in [2.05, 4.69) is 5.32 Å². The highest BCUT2D eigenvalue weighted by Gasteiger charge is 2.14. The van der Waals surface area contributed by atoms with E-state index in [4.69, 9.17) is 27.9 Å². The zero-order valence-electron chi connectivity index (χ0n) is 10.4. The van der Waals surface area contributed by atoms with Crippen LogP contribution in [0.5, 0.6) is 5.75 Å². The SMILES string of the molecule is CC(C)(C)OCC(=O)Nc1cc(Cl)c(O)c(Cl)c1. The number of amides is 1. The lowest BCUT2D eigenvalue weighted by Crippen LogP contribution is -2.27. The second kappa shape index (κ2) is 5.78. The van der Waals surface area contributed by atoms with E-state index < -0.39 is 0 Å². The maximum absolute atomic E-state index is 11.6. The van der Waals surface area contributed by atoms with Crippen LogP contribution in [0, 0.1) is 0 Å². The number of phenols is 1. The monoisotopic (exact) mass is 291 g/mol. The van der Waals surface area contributed by atoms with E-state index >= 15 is 0 Å². The number of nitrogens with one attached hydrogen (secondary N) is 1. The summed E-state index contributed by atoms with van der Waals surface area (Å²) < 4.78 is 5.32. The first-order valence-electron chi connectivity index (χ1n) is 5.31. The number of carbonyl (C=O) groups excluding carboxylic acids is 1. The van der Waals surface area contributed by atoms with E-state index in [1.165, 1.54) is 12.1 Å². The molecule has 0 heterocycles. The van der Waals surface area contributed by atoms with Crippen molar-refractivity contribution >= 4 is 34.8 Å². The number of hydrogen-bond donors (Lipinski definition) is 2. The summed E-state index contributed by atoms with van der Waals surface area (Å²) in [6.07, 6.45) is 0. The molecule has 0 bridgehead atoms. The fourth-order valence-electron chi connectivity index (χ4n) is 1.12. The van der Waals surface area contributed by atoms with Crippen LogP contribution in [0.25, 0.3) is 0 Å². The molecule has 2 N–H and O–H groups in total. The van der Waals surface area contributed by atoms with Crippen molar-refractivity contribution in [1.29, 1.82) is 0 Å². The average Bonchev–Trinajstić information content (AvgIpc) is 2.22. The second-order valence-corrected chi connectivity index (χ2v) is 5.55. The Hall–Kier alpha value is -0.970. The molecule has 0 aliphatic carbocycles. The molecule has 18 heavy (non-hydrogen) atoms. The van der Waals surface area contributed by atoms with E-state index in [-0.39, 0.29) is 33.9 Å². The highest BCUT2D eigenvalue weighted by atomic mass is 35.5. The maximum atomic E-state index is 11.6. The molecule has 0 saturated carbocycles. The van der Waals surface area contributed by atoms with Gasteiger partial charge in [-0.2, -0.15) is 0 Å². The standard InChI is InChI=1S/C12H15Cl2NO3/c1-12(2,3)18-6-10(16)15-7-4-8(13)11(17)9(14)5-7/h4-5,17H,6H2,1-3H3,(H,15,16). The van der Waals surface area contributed by atoms with Crippen LogP contribution in [0.15, 0.2) is 12.1 Å². The summed E-state index contributed by atoms with van der Waals surface area (Å²) in [5.41, 5.74) is 0.0204. The van der Waals surface area contributed by atoms with Crippen molar-refractivity contribution in [3.05, 3.63) is 22.2 Å². The molecule has 0 unspecified atom stereocenters. The minimum absolute atomic E-state index is 0.0698. The number of carbonyl (C=O) groups is 1. The molecule has 0 aliphatic rings. The van der Waals surface area contributed by atoms with Crippen molar-refractivity contribution in [2.75, 3.05) is 11.9 Å². The van der Waals surface area contributed by atoms with Gasteiger partial charge < -0.3 is 15.2 Å². The molecule has 1 aromatic carbocycles. The van der Waals surface area contributed by atoms with Gasteiger partial charge in [-0.05, 0) is 32.9 Å². The molecule has 0 aromatic heterocycles. The minimum Gasteiger partial charge on any atom is -0.505 e. The van der Waals surface area contributed by atoms with Crippen LogP contribution in [-0.2, 0) is 9.53 Å². The number of hydrogen-bond acceptors (Lipinski definition) is 3. The first-order chi connectivity index (χ1) is 8.19. The van der Waals surface area contributed by atoms with Gasteiger partial charge in [0.1, 0.15) is 6.61 Å². The van der Waals surface area contributed by atoms with Gasteiger partial charge in [0.15, 0.2) is 5.75 Å². The lowest BCUT2D eigenvalue weighted by molar-refractivity contribution is -0.125. The molecular weight excluding hydrogens is 277 g/mol. The molecule has 0 saturated heterocycles. The van der Waals surface area contributed by atoms with Gasteiger partial charge in [-0.1, -0.05) is 23.2 Å². The van der Waals surface area contributed by atoms with Crippen molar-refractivity contribution in [2.24, 2.45) is 0 Å². The van der Waals surface area contributed by atoms with Crippen molar-refractivity contribution in [3.8, 4) is 5.75 Å². The molecule has 4 nitrogen and oxygen atoms in total. The Kier molecular flexibility index (Phi) is 4.85. The third kappa shape index (κ3) is 4.72. The number of halogens is 2. The van der Waals surface area contributed by atoms with Crippen molar-refractivity contribution in [1.82, 2.24) is 0 Å². The molecule has 100 valence electrons. The Bertz CT molecular complexity index is 432. The Morgan fingerprint density at radius 1 is 1.33 bits per heavy atom. The Balaban J connectivity index is 2.65. The molecule has 0 fully saturated rings. The molecule has 0 aliphatic heterocycles. The predicted octanol–water partition coefficient (Wildman–Crippen LogP) is 3.45. The summed E-state index contributed by atoms with van der Waals surface area (Å²) in [6, 6.07) is 2.83. The van der Waals surface area contributed by atoms with Gasteiger partial charge >= 0.3 is 0 Å². The van der Waals surface area contributed by atoms with Crippen molar-refractivity contribution < 1.29 is 14.6 Å². The second-order valence-electron chi connectivity index (χ2n) is 4.74. The molecule has 0 radical (unpaired) electrons. The summed E-state index contributed by atoms with van der Waals surface area (Å²) >= 11 is 11.5. The molecule has 0 spiro atoms. The van der Waals surface area contributed by atoms with Crippen LogP contribution in [0.1, 0.15) is 20.8 Å². The Morgan fingerprint density at radius 3 is 2.28 bits per heavy atom. The molecule has 1 aromatic rings. The smallest absolute Gasteiger partial charge is 0.250 e. The number of aromatic hydroxyl groups is 1. The van der Waals surface area contributed by atoms with E-state index in [0.29, 0.717) is 5.69 Å². The van der Waals surface area contributed by atoms with Crippen LogP contribution >= 0.6 is 23.2 Å². The van der Waals surface area contributed by atoms with E-state index in [1.807, 2.05) is 20.8 Å². The molecule has 1 amide bonds. The van der Waals surface area contributed by atoms with Gasteiger partial charge in [0.25, 0.3) is 0 Å². The van der Waals surface area contributed by atoms with Crippen LogP contribution < -0.4 is 5.32 Å². The minimum atomic E-state index is -0.387. The Morgan fingerprint density at radius 2 is 1.83 bits per heavy atom. The molecule has 0 atom stereocenters. The summed E-state index contributed by atoms with van der Waals surface area (Å²) in [5, 5.41) is 12.1. The number of phenolic OH excluding ortho intramolecular Hbond substituents is 1. The van der Waals surface area contributed by atoms with Crippen LogP contribution in [0.4, 0.5) is 5.69 Å². The number of benzene rings is 1. The summed E-state index contributed by atoms with van der Waals surface area (Å²) in [4.78, 5) is 11.6. The first-order valence-corrected chi connectivity index (χ1v) is 6.06. The van der Waals surface area contributed by atoms with Crippen LogP contribution in [-0.4, -0.2) is 23.2 Å². The van der Waals surface area contributed by atoms with Crippen LogP contribution in [0.3, 0.4) is 0 Å². The fourth-order valence-corrected chi connectivity index (χ4v) is 1.60. The van der Waals surface area contributed by atoms with Gasteiger partial charge in [0.05, 0.1) is 15.6 Å². The van der Waals surface area contributed by atoms with E-state index in [0.717, 1.165) is 0 Å². The third-order valence-electron chi connectivity index (χ3n) is 1.94. The number of ether oxygens (including phenoxy) is 1. The van der Waals surface area contributed by atoms with Crippen LogP contribution in [0.2, 0.25) is 10.0 Å². The maximum Gasteiger partial charge on any atom is 0.250 e. The zero-order valence-corrected chi connectivity index (χ0v) is 11.9. The van der Waals surface area contributed by atoms with Gasteiger partial charge in [-0.25, -0.2) is 0 Å². The number of anilines is 1. The average molecular weight is 292 g/mol.